The van der Waals surface area contributed by atoms with Crippen LogP contribution in [0.5, 0.6) is 11.5 Å². The predicted molar refractivity (Wildman–Crippen MR) is 147 cm³/mol. The normalized spacial score (nSPS) is 14.6. The molecule has 1 aromatic heterocycles. The van der Waals surface area contributed by atoms with E-state index in [1.54, 1.807) is 44.4 Å². The lowest BCUT2D eigenvalue weighted by Crippen LogP contribution is -2.47. The standard InChI is InChI=1S/C28H32ClN3O4S/c1-17-26(37-18(2)30-17)28(34)32(23-16-20(29)12-15-24(23)36-4)25(19-10-13-22(35-3)14-11-19)27(33)31-21-8-6-5-7-9-21/h10-16,21,25H,5-9H2,1-4H3,(H,31,33)/t25-/m0/s1. The van der Waals surface area contributed by atoms with Crippen molar-refractivity contribution in [2.45, 2.75) is 58.0 Å². The molecular weight excluding hydrogens is 510 g/mol. The van der Waals surface area contributed by atoms with Crippen molar-refractivity contribution in [2.24, 2.45) is 0 Å². The number of thiazole rings is 1. The molecule has 1 fully saturated rings. The molecule has 1 heterocycles. The summed E-state index contributed by atoms with van der Waals surface area (Å²) in [5.41, 5.74) is 1.66. The smallest absolute Gasteiger partial charge is 0.271 e. The highest BCUT2D eigenvalue weighted by atomic mass is 35.5. The summed E-state index contributed by atoms with van der Waals surface area (Å²) in [7, 11) is 3.12. The molecule has 2 aromatic carbocycles. The summed E-state index contributed by atoms with van der Waals surface area (Å²) in [5.74, 6) is 0.484. The number of methoxy groups -OCH3 is 2. The van der Waals surface area contributed by atoms with Crippen molar-refractivity contribution >= 4 is 40.4 Å². The second-order valence-corrected chi connectivity index (χ2v) is 10.8. The van der Waals surface area contributed by atoms with Gasteiger partial charge in [-0.1, -0.05) is 43.0 Å². The Labute approximate surface area is 226 Å². The Kier molecular flexibility index (Phi) is 8.71. The molecule has 1 aliphatic rings. The van der Waals surface area contributed by atoms with Gasteiger partial charge in [-0.2, -0.15) is 0 Å². The highest BCUT2D eigenvalue weighted by molar-refractivity contribution is 7.13. The first-order valence-electron chi connectivity index (χ1n) is 12.4. The highest BCUT2D eigenvalue weighted by Gasteiger charge is 2.37. The molecule has 3 aromatic rings. The summed E-state index contributed by atoms with van der Waals surface area (Å²) >= 11 is 7.71. The zero-order valence-electron chi connectivity index (χ0n) is 21.5. The number of hydrogen-bond acceptors (Lipinski definition) is 6. The van der Waals surface area contributed by atoms with Crippen LogP contribution in [0, 0.1) is 13.8 Å². The molecule has 0 radical (unpaired) electrons. The minimum absolute atomic E-state index is 0.0626. The van der Waals surface area contributed by atoms with Crippen molar-refractivity contribution in [3.05, 3.63) is 68.6 Å². The van der Waals surface area contributed by atoms with Gasteiger partial charge in [0.05, 0.1) is 30.6 Å². The van der Waals surface area contributed by atoms with Gasteiger partial charge in [0.2, 0.25) is 5.91 Å². The van der Waals surface area contributed by atoms with Gasteiger partial charge in [0.15, 0.2) is 0 Å². The average Bonchev–Trinajstić information content (AvgIpc) is 3.25. The van der Waals surface area contributed by atoms with Crippen LogP contribution < -0.4 is 19.7 Å². The Morgan fingerprint density at radius 2 is 1.76 bits per heavy atom. The largest absolute Gasteiger partial charge is 0.497 e. The second kappa shape index (κ2) is 12.0. The van der Waals surface area contributed by atoms with Crippen molar-refractivity contribution in [3.8, 4) is 11.5 Å². The van der Waals surface area contributed by atoms with Crippen LogP contribution in [0.2, 0.25) is 5.02 Å². The lowest BCUT2D eigenvalue weighted by atomic mass is 9.94. The van der Waals surface area contributed by atoms with Gasteiger partial charge >= 0.3 is 0 Å². The summed E-state index contributed by atoms with van der Waals surface area (Å²) in [5, 5.41) is 4.42. The minimum Gasteiger partial charge on any atom is -0.497 e. The molecule has 196 valence electrons. The number of benzene rings is 2. The zero-order valence-corrected chi connectivity index (χ0v) is 23.1. The van der Waals surface area contributed by atoms with Crippen molar-refractivity contribution in [2.75, 3.05) is 19.1 Å². The summed E-state index contributed by atoms with van der Waals surface area (Å²) < 4.78 is 11.0. The topological polar surface area (TPSA) is 80.8 Å². The van der Waals surface area contributed by atoms with E-state index in [2.05, 4.69) is 10.3 Å². The third-order valence-electron chi connectivity index (χ3n) is 6.61. The summed E-state index contributed by atoms with van der Waals surface area (Å²) in [6.45, 7) is 3.66. The average molecular weight is 542 g/mol. The molecule has 1 atom stereocenters. The van der Waals surface area contributed by atoms with E-state index >= 15 is 0 Å². The maximum atomic E-state index is 14.3. The summed E-state index contributed by atoms with van der Waals surface area (Å²) in [6.07, 6.45) is 5.15. The Hall–Kier alpha value is -3.10. The lowest BCUT2D eigenvalue weighted by Gasteiger charge is -2.34. The van der Waals surface area contributed by atoms with E-state index in [4.69, 9.17) is 21.1 Å². The Morgan fingerprint density at radius 1 is 1.05 bits per heavy atom. The van der Waals surface area contributed by atoms with Crippen LogP contribution in [0.15, 0.2) is 42.5 Å². The molecule has 2 amide bonds. The number of amides is 2. The summed E-state index contributed by atoms with van der Waals surface area (Å²) in [4.78, 5) is 34.8. The van der Waals surface area contributed by atoms with Gasteiger partial charge in [0.1, 0.15) is 22.4 Å². The van der Waals surface area contributed by atoms with Crippen LogP contribution in [-0.4, -0.2) is 37.1 Å². The fourth-order valence-corrected chi connectivity index (χ4v) is 5.81. The quantitative estimate of drug-likeness (QED) is 0.363. The number of nitrogens with one attached hydrogen (secondary N) is 1. The number of hydrogen-bond donors (Lipinski definition) is 1. The monoisotopic (exact) mass is 541 g/mol. The number of halogens is 1. The van der Waals surface area contributed by atoms with Crippen LogP contribution in [-0.2, 0) is 4.79 Å². The van der Waals surface area contributed by atoms with Gasteiger partial charge in [-0.15, -0.1) is 11.3 Å². The van der Waals surface area contributed by atoms with Crippen LogP contribution in [0.25, 0.3) is 0 Å². The minimum atomic E-state index is -0.977. The Bertz CT molecular complexity index is 1250. The third kappa shape index (κ3) is 6.08. The van der Waals surface area contributed by atoms with E-state index in [9.17, 15) is 9.59 Å². The van der Waals surface area contributed by atoms with Crippen LogP contribution in [0.4, 0.5) is 5.69 Å². The second-order valence-electron chi connectivity index (χ2n) is 9.16. The number of aromatic nitrogens is 1. The molecular formula is C28H32ClN3O4S. The molecule has 0 spiro atoms. The number of nitrogens with zero attached hydrogens (tertiary/aromatic N) is 2. The first-order chi connectivity index (χ1) is 17.8. The first-order valence-corrected chi connectivity index (χ1v) is 13.6. The number of aryl methyl sites for hydroxylation is 2. The molecule has 0 saturated heterocycles. The van der Waals surface area contributed by atoms with Gasteiger partial charge in [-0.05, 0) is 62.6 Å². The molecule has 0 bridgehead atoms. The number of carbonyl (C=O) groups is 2. The SMILES string of the molecule is COc1ccc([C@@H](C(=O)NC2CCCCC2)N(C(=O)c2sc(C)nc2C)c2cc(Cl)ccc2OC)cc1. The third-order valence-corrected chi connectivity index (χ3v) is 7.90. The van der Waals surface area contributed by atoms with E-state index in [0.717, 1.165) is 30.7 Å². The van der Waals surface area contributed by atoms with Crippen molar-refractivity contribution in [1.82, 2.24) is 10.3 Å². The van der Waals surface area contributed by atoms with Gasteiger partial charge < -0.3 is 14.8 Å². The van der Waals surface area contributed by atoms with E-state index in [1.807, 2.05) is 19.1 Å². The molecule has 4 rings (SSSR count). The highest BCUT2D eigenvalue weighted by Crippen LogP contribution is 2.39. The first kappa shape index (κ1) is 26.9. The van der Waals surface area contributed by atoms with Gasteiger partial charge in [-0.3, -0.25) is 14.5 Å². The summed E-state index contributed by atoms with van der Waals surface area (Å²) in [6, 6.07) is 11.3. The molecule has 1 saturated carbocycles. The zero-order chi connectivity index (χ0) is 26.5. The van der Waals surface area contributed by atoms with Crippen LogP contribution in [0.1, 0.15) is 64.1 Å². The van der Waals surface area contributed by atoms with Gasteiger partial charge in [0, 0.05) is 11.1 Å². The molecule has 9 heteroatoms. The Balaban J connectivity index is 1.88. The maximum absolute atomic E-state index is 14.3. The van der Waals surface area contributed by atoms with Crippen LogP contribution in [0.3, 0.4) is 0 Å². The predicted octanol–water partition coefficient (Wildman–Crippen LogP) is 6.27. The molecule has 1 N–H and O–H groups in total. The molecule has 0 unspecified atom stereocenters. The number of ether oxygens (including phenoxy) is 2. The maximum Gasteiger partial charge on any atom is 0.271 e. The molecule has 37 heavy (non-hydrogen) atoms. The fraction of sp³-hybridized carbons (Fsp3) is 0.393. The van der Waals surface area contributed by atoms with Crippen molar-refractivity contribution in [1.29, 1.82) is 0 Å². The van der Waals surface area contributed by atoms with E-state index in [1.165, 1.54) is 29.8 Å². The Morgan fingerprint density at radius 3 is 2.35 bits per heavy atom. The number of anilines is 1. The lowest BCUT2D eigenvalue weighted by molar-refractivity contribution is -0.123. The van der Waals surface area contributed by atoms with Gasteiger partial charge in [-0.25, -0.2) is 4.98 Å². The van der Waals surface area contributed by atoms with E-state index in [0.29, 0.717) is 38.3 Å². The van der Waals surface area contributed by atoms with Crippen molar-refractivity contribution < 1.29 is 19.1 Å². The number of rotatable bonds is 8. The number of carbonyl (C=O) groups excluding carboxylic acids is 2. The van der Waals surface area contributed by atoms with E-state index < -0.39 is 6.04 Å². The molecule has 0 aliphatic heterocycles. The van der Waals surface area contributed by atoms with Gasteiger partial charge in [0.25, 0.3) is 5.91 Å². The van der Waals surface area contributed by atoms with Crippen LogP contribution >= 0.6 is 22.9 Å². The van der Waals surface area contributed by atoms with E-state index in [-0.39, 0.29) is 17.9 Å². The molecule has 7 nitrogen and oxygen atoms in total. The molecule has 1 aliphatic carbocycles. The van der Waals surface area contributed by atoms with Crippen molar-refractivity contribution in [3.63, 3.8) is 0 Å². The fourth-order valence-electron chi connectivity index (χ4n) is 4.79.